The lowest BCUT2D eigenvalue weighted by Gasteiger charge is -2.05. The molecule has 1 atom stereocenters. The summed E-state index contributed by atoms with van der Waals surface area (Å²) in [7, 11) is 0. The van der Waals surface area contributed by atoms with Crippen LogP contribution in [0.4, 0.5) is 4.39 Å². The lowest BCUT2D eigenvalue weighted by atomic mass is 10.1. The maximum atomic E-state index is 13.5. The number of rotatable bonds is 4. The molecule has 0 aliphatic heterocycles. The molecule has 0 bridgehead atoms. The van der Waals surface area contributed by atoms with Crippen molar-refractivity contribution in [2.75, 3.05) is 6.54 Å². The molecule has 1 aromatic heterocycles. The molecule has 0 fully saturated rings. The number of aryl methyl sites for hydroxylation is 1. The third kappa shape index (κ3) is 2.56. The van der Waals surface area contributed by atoms with Gasteiger partial charge in [0.1, 0.15) is 5.82 Å². The fourth-order valence-electron chi connectivity index (χ4n) is 1.65. The van der Waals surface area contributed by atoms with Gasteiger partial charge in [-0.2, -0.15) is 4.98 Å². The lowest BCUT2D eigenvalue weighted by molar-refractivity contribution is 0.342. The largest absolute Gasteiger partial charge is 0.337 e. The third-order valence-corrected chi connectivity index (χ3v) is 2.75. The van der Waals surface area contributed by atoms with Gasteiger partial charge in [-0.25, -0.2) is 4.39 Å². The molecule has 0 aliphatic rings. The van der Waals surface area contributed by atoms with E-state index in [9.17, 15) is 4.39 Å². The third-order valence-electron chi connectivity index (χ3n) is 2.75. The van der Waals surface area contributed by atoms with Crippen LogP contribution >= 0.6 is 0 Å². The van der Waals surface area contributed by atoms with Crippen LogP contribution in [0.3, 0.4) is 0 Å². The van der Waals surface area contributed by atoms with Crippen molar-refractivity contribution >= 4 is 0 Å². The standard InChI is InChI=1S/C13H16FN3O/c1-4-15-9(3)13-16-12(17-18-13)10-6-5-8(2)11(14)7-10/h5-7,9,15H,4H2,1-3H3. The fraction of sp³-hybridized carbons (Fsp3) is 0.385. The van der Waals surface area contributed by atoms with Crippen molar-refractivity contribution in [3.05, 3.63) is 35.5 Å². The van der Waals surface area contributed by atoms with Gasteiger partial charge in [0.25, 0.3) is 0 Å². The number of hydrogen-bond acceptors (Lipinski definition) is 4. The van der Waals surface area contributed by atoms with Gasteiger partial charge < -0.3 is 9.84 Å². The second-order valence-electron chi connectivity index (χ2n) is 4.20. The topological polar surface area (TPSA) is 51.0 Å². The normalized spacial score (nSPS) is 12.7. The quantitative estimate of drug-likeness (QED) is 0.905. The van der Waals surface area contributed by atoms with Crippen molar-refractivity contribution in [1.82, 2.24) is 15.5 Å². The van der Waals surface area contributed by atoms with Crippen LogP contribution in [0.2, 0.25) is 0 Å². The molecule has 5 heteroatoms. The zero-order valence-corrected chi connectivity index (χ0v) is 10.7. The summed E-state index contributed by atoms with van der Waals surface area (Å²) < 4.78 is 18.6. The smallest absolute Gasteiger partial charge is 0.243 e. The number of benzene rings is 1. The lowest BCUT2D eigenvalue weighted by Crippen LogP contribution is -2.17. The van der Waals surface area contributed by atoms with E-state index in [0.29, 0.717) is 22.8 Å². The molecule has 2 aromatic rings. The molecule has 0 spiro atoms. The predicted octanol–water partition coefficient (Wildman–Crippen LogP) is 2.85. The van der Waals surface area contributed by atoms with Gasteiger partial charge in [0.05, 0.1) is 6.04 Å². The van der Waals surface area contributed by atoms with Crippen LogP contribution in [0.25, 0.3) is 11.4 Å². The second-order valence-corrected chi connectivity index (χ2v) is 4.20. The van der Waals surface area contributed by atoms with Gasteiger partial charge >= 0.3 is 0 Å². The van der Waals surface area contributed by atoms with E-state index in [0.717, 1.165) is 6.54 Å². The molecule has 0 saturated carbocycles. The van der Waals surface area contributed by atoms with Gasteiger partial charge in [-0.05, 0) is 32.0 Å². The highest BCUT2D eigenvalue weighted by atomic mass is 19.1. The molecule has 2 rings (SSSR count). The van der Waals surface area contributed by atoms with E-state index >= 15 is 0 Å². The summed E-state index contributed by atoms with van der Waals surface area (Å²) >= 11 is 0. The van der Waals surface area contributed by atoms with Crippen molar-refractivity contribution < 1.29 is 8.91 Å². The fourth-order valence-corrected chi connectivity index (χ4v) is 1.65. The molecular weight excluding hydrogens is 233 g/mol. The van der Waals surface area contributed by atoms with Crippen LogP contribution in [-0.4, -0.2) is 16.7 Å². The Morgan fingerprint density at radius 3 is 2.89 bits per heavy atom. The van der Waals surface area contributed by atoms with E-state index in [4.69, 9.17) is 4.52 Å². The molecule has 1 N–H and O–H groups in total. The SMILES string of the molecule is CCNC(C)c1nc(-c2ccc(C)c(F)c2)no1. The summed E-state index contributed by atoms with van der Waals surface area (Å²) in [5, 5.41) is 7.04. The van der Waals surface area contributed by atoms with E-state index in [2.05, 4.69) is 15.5 Å². The molecule has 18 heavy (non-hydrogen) atoms. The maximum absolute atomic E-state index is 13.5. The summed E-state index contributed by atoms with van der Waals surface area (Å²) in [5.41, 5.74) is 1.22. The number of halogens is 1. The number of aromatic nitrogens is 2. The van der Waals surface area contributed by atoms with Crippen LogP contribution in [-0.2, 0) is 0 Å². The van der Waals surface area contributed by atoms with E-state index in [-0.39, 0.29) is 11.9 Å². The summed E-state index contributed by atoms with van der Waals surface area (Å²) in [4.78, 5) is 4.26. The van der Waals surface area contributed by atoms with Crippen molar-refractivity contribution in [1.29, 1.82) is 0 Å². The predicted molar refractivity (Wildman–Crippen MR) is 66.5 cm³/mol. The van der Waals surface area contributed by atoms with E-state index in [1.807, 2.05) is 13.8 Å². The Morgan fingerprint density at radius 2 is 2.22 bits per heavy atom. The zero-order valence-electron chi connectivity index (χ0n) is 10.7. The Kier molecular flexibility index (Phi) is 3.72. The van der Waals surface area contributed by atoms with E-state index < -0.39 is 0 Å². The van der Waals surface area contributed by atoms with Crippen LogP contribution in [0.1, 0.15) is 31.3 Å². The van der Waals surface area contributed by atoms with Gasteiger partial charge in [-0.15, -0.1) is 0 Å². The highest BCUT2D eigenvalue weighted by Crippen LogP contribution is 2.20. The zero-order chi connectivity index (χ0) is 13.1. The Labute approximate surface area is 105 Å². The molecule has 96 valence electrons. The summed E-state index contributed by atoms with van der Waals surface area (Å²) in [6.07, 6.45) is 0. The molecule has 0 amide bonds. The van der Waals surface area contributed by atoms with Gasteiger partial charge in [0.2, 0.25) is 11.7 Å². The summed E-state index contributed by atoms with van der Waals surface area (Å²) in [5.74, 6) is 0.653. The van der Waals surface area contributed by atoms with E-state index in [1.165, 1.54) is 6.07 Å². The first-order valence-corrected chi connectivity index (χ1v) is 5.95. The molecule has 4 nitrogen and oxygen atoms in total. The molecule has 1 unspecified atom stereocenters. The average molecular weight is 249 g/mol. The number of nitrogens with one attached hydrogen (secondary N) is 1. The first kappa shape index (κ1) is 12.7. The second kappa shape index (κ2) is 5.27. The minimum atomic E-state index is -0.265. The monoisotopic (exact) mass is 249 g/mol. The molecule has 0 aliphatic carbocycles. The van der Waals surface area contributed by atoms with Crippen molar-refractivity contribution in [2.45, 2.75) is 26.8 Å². The summed E-state index contributed by atoms with van der Waals surface area (Å²) in [6.45, 7) is 6.48. The first-order valence-electron chi connectivity index (χ1n) is 5.95. The van der Waals surface area contributed by atoms with E-state index in [1.54, 1.807) is 19.1 Å². The molecule has 1 heterocycles. The van der Waals surface area contributed by atoms with Crippen molar-refractivity contribution in [2.24, 2.45) is 0 Å². The number of hydrogen-bond donors (Lipinski definition) is 1. The highest BCUT2D eigenvalue weighted by molar-refractivity contribution is 5.54. The van der Waals surface area contributed by atoms with Crippen molar-refractivity contribution in [3.63, 3.8) is 0 Å². The minimum Gasteiger partial charge on any atom is -0.337 e. The van der Waals surface area contributed by atoms with Gasteiger partial charge in [0.15, 0.2) is 0 Å². The van der Waals surface area contributed by atoms with Crippen molar-refractivity contribution in [3.8, 4) is 11.4 Å². The highest BCUT2D eigenvalue weighted by Gasteiger charge is 2.14. The molecule has 0 saturated heterocycles. The Hall–Kier alpha value is -1.75. The average Bonchev–Trinajstić information content (AvgIpc) is 2.82. The molecule has 0 radical (unpaired) electrons. The van der Waals surface area contributed by atoms with Gasteiger partial charge in [-0.1, -0.05) is 24.2 Å². The van der Waals surface area contributed by atoms with Crippen LogP contribution < -0.4 is 5.32 Å². The Balaban J connectivity index is 2.26. The van der Waals surface area contributed by atoms with Gasteiger partial charge in [0, 0.05) is 5.56 Å². The summed E-state index contributed by atoms with van der Waals surface area (Å²) in [6, 6.07) is 4.90. The van der Waals surface area contributed by atoms with Gasteiger partial charge in [-0.3, -0.25) is 0 Å². The van der Waals surface area contributed by atoms with Crippen LogP contribution in [0.15, 0.2) is 22.7 Å². The molecular formula is C13H16FN3O. The molecule has 1 aromatic carbocycles. The Morgan fingerprint density at radius 1 is 1.44 bits per heavy atom. The van der Waals surface area contributed by atoms with Crippen LogP contribution in [0.5, 0.6) is 0 Å². The Bertz CT molecular complexity index is 539. The number of nitrogens with zero attached hydrogens (tertiary/aromatic N) is 2. The minimum absolute atomic E-state index is 0.00783. The first-order chi connectivity index (χ1) is 8.61. The van der Waals surface area contributed by atoms with Crippen LogP contribution in [0, 0.1) is 12.7 Å². The maximum Gasteiger partial charge on any atom is 0.243 e.